The van der Waals surface area contributed by atoms with Crippen LogP contribution in [0.2, 0.25) is 5.02 Å². The van der Waals surface area contributed by atoms with Crippen molar-refractivity contribution < 1.29 is 18.9 Å². The molecular formula is C19H14ClN3O5. The van der Waals surface area contributed by atoms with Crippen LogP contribution < -0.4 is 10.6 Å². The monoisotopic (exact) mass is 399 g/mol. The molecule has 1 aromatic heterocycles. The van der Waals surface area contributed by atoms with Gasteiger partial charge in [-0.1, -0.05) is 23.7 Å². The number of carbonyl (C=O) groups excluding carboxylic acids is 2. The Hall–Kier alpha value is -3.65. The van der Waals surface area contributed by atoms with Crippen molar-refractivity contribution in [1.29, 1.82) is 0 Å². The highest BCUT2D eigenvalue weighted by Gasteiger charge is 2.18. The highest BCUT2D eigenvalue weighted by Crippen LogP contribution is 2.24. The summed E-state index contributed by atoms with van der Waals surface area (Å²) < 4.78 is 5.16. The van der Waals surface area contributed by atoms with Gasteiger partial charge in [-0.05, 0) is 30.3 Å². The van der Waals surface area contributed by atoms with Crippen molar-refractivity contribution in [2.24, 2.45) is 0 Å². The molecular weight excluding hydrogens is 386 g/mol. The van der Waals surface area contributed by atoms with Crippen LogP contribution in [0, 0.1) is 10.1 Å². The van der Waals surface area contributed by atoms with Gasteiger partial charge in [0.05, 0.1) is 39.6 Å². The van der Waals surface area contributed by atoms with E-state index >= 15 is 0 Å². The van der Waals surface area contributed by atoms with E-state index < -0.39 is 16.7 Å². The molecule has 9 heteroatoms. The number of para-hydroxylation sites is 1. The maximum absolute atomic E-state index is 12.6. The normalized spacial score (nSPS) is 10.3. The molecule has 2 aromatic carbocycles. The summed E-state index contributed by atoms with van der Waals surface area (Å²) >= 11 is 6.00. The van der Waals surface area contributed by atoms with E-state index in [1.54, 1.807) is 36.4 Å². The second-order valence-electron chi connectivity index (χ2n) is 5.68. The Balaban J connectivity index is 1.79. The lowest BCUT2D eigenvalue weighted by Crippen LogP contribution is -2.24. The fourth-order valence-electron chi connectivity index (χ4n) is 2.46. The van der Waals surface area contributed by atoms with Crippen molar-refractivity contribution in [1.82, 2.24) is 5.32 Å². The first-order valence-electron chi connectivity index (χ1n) is 8.10. The average Bonchev–Trinajstić information content (AvgIpc) is 3.20. The zero-order valence-electron chi connectivity index (χ0n) is 14.3. The maximum Gasteiger partial charge on any atom is 0.270 e. The first-order chi connectivity index (χ1) is 13.5. The van der Waals surface area contributed by atoms with Gasteiger partial charge >= 0.3 is 0 Å². The topological polar surface area (TPSA) is 114 Å². The average molecular weight is 400 g/mol. The lowest BCUT2D eigenvalue weighted by Gasteiger charge is -2.11. The van der Waals surface area contributed by atoms with Gasteiger partial charge in [0.2, 0.25) is 0 Å². The van der Waals surface area contributed by atoms with Crippen molar-refractivity contribution in [3.8, 4) is 0 Å². The molecule has 0 aliphatic heterocycles. The van der Waals surface area contributed by atoms with Crippen LogP contribution in [-0.4, -0.2) is 16.7 Å². The van der Waals surface area contributed by atoms with Crippen molar-refractivity contribution in [3.05, 3.63) is 92.9 Å². The largest absolute Gasteiger partial charge is 0.467 e. The SMILES string of the molecule is O=C(Nc1ccccc1C(=O)NCc1ccco1)c1cc([N+](=O)[O-])ccc1Cl. The number of furan rings is 1. The van der Waals surface area contributed by atoms with Crippen molar-refractivity contribution >= 4 is 34.8 Å². The number of nitro benzene ring substituents is 1. The number of amides is 2. The van der Waals surface area contributed by atoms with Crippen molar-refractivity contribution in [3.63, 3.8) is 0 Å². The van der Waals surface area contributed by atoms with Crippen LogP contribution in [0.15, 0.2) is 65.3 Å². The van der Waals surface area contributed by atoms with Crippen LogP contribution in [0.1, 0.15) is 26.5 Å². The predicted octanol–water partition coefficient (Wildman–Crippen LogP) is 4.02. The van der Waals surface area contributed by atoms with E-state index in [4.69, 9.17) is 16.0 Å². The molecule has 1 heterocycles. The number of hydrogen-bond acceptors (Lipinski definition) is 5. The van der Waals surface area contributed by atoms with Crippen LogP contribution in [0.3, 0.4) is 0 Å². The Morgan fingerprint density at radius 2 is 1.82 bits per heavy atom. The lowest BCUT2D eigenvalue weighted by atomic mass is 10.1. The van der Waals surface area contributed by atoms with Gasteiger partial charge in [0.1, 0.15) is 5.76 Å². The van der Waals surface area contributed by atoms with E-state index in [0.29, 0.717) is 5.76 Å². The third-order valence-corrected chi connectivity index (χ3v) is 4.16. The summed E-state index contributed by atoms with van der Waals surface area (Å²) in [6.45, 7) is 0.185. The Morgan fingerprint density at radius 1 is 1.04 bits per heavy atom. The molecule has 8 nitrogen and oxygen atoms in total. The molecule has 0 unspecified atom stereocenters. The molecule has 3 rings (SSSR count). The summed E-state index contributed by atoms with van der Waals surface area (Å²) in [6.07, 6.45) is 1.50. The summed E-state index contributed by atoms with van der Waals surface area (Å²) in [5.41, 5.74) is 0.136. The van der Waals surface area contributed by atoms with Crippen LogP contribution in [0.5, 0.6) is 0 Å². The number of halogens is 1. The number of benzene rings is 2. The number of rotatable bonds is 6. The van der Waals surface area contributed by atoms with Crippen LogP contribution in [-0.2, 0) is 6.54 Å². The number of hydrogen-bond donors (Lipinski definition) is 2. The molecule has 3 aromatic rings. The number of nitrogens with one attached hydrogen (secondary N) is 2. The Labute approximate surface area is 164 Å². The highest BCUT2D eigenvalue weighted by atomic mass is 35.5. The number of anilines is 1. The fraction of sp³-hybridized carbons (Fsp3) is 0.0526. The summed E-state index contributed by atoms with van der Waals surface area (Å²) in [5, 5.41) is 16.3. The smallest absolute Gasteiger partial charge is 0.270 e. The van der Waals surface area contributed by atoms with Gasteiger partial charge in [-0.2, -0.15) is 0 Å². The number of non-ortho nitro benzene ring substituents is 1. The second kappa shape index (κ2) is 8.36. The Kier molecular flexibility index (Phi) is 5.71. The van der Waals surface area contributed by atoms with Crippen molar-refractivity contribution in [2.75, 3.05) is 5.32 Å². The molecule has 142 valence electrons. The summed E-state index contributed by atoms with van der Waals surface area (Å²) in [4.78, 5) is 35.3. The van der Waals surface area contributed by atoms with Gasteiger partial charge in [-0.15, -0.1) is 0 Å². The van der Waals surface area contributed by atoms with Gasteiger partial charge in [-0.3, -0.25) is 19.7 Å². The first kappa shape index (κ1) is 19.1. The zero-order chi connectivity index (χ0) is 20.1. The predicted molar refractivity (Wildman–Crippen MR) is 102 cm³/mol. The molecule has 0 bridgehead atoms. The fourth-order valence-corrected chi connectivity index (χ4v) is 2.66. The second-order valence-corrected chi connectivity index (χ2v) is 6.09. The molecule has 0 fully saturated rings. The molecule has 0 spiro atoms. The molecule has 28 heavy (non-hydrogen) atoms. The van der Waals surface area contributed by atoms with Crippen LogP contribution >= 0.6 is 11.6 Å². The van der Waals surface area contributed by atoms with Crippen LogP contribution in [0.25, 0.3) is 0 Å². The van der Waals surface area contributed by atoms with E-state index in [2.05, 4.69) is 10.6 Å². The molecule has 0 aliphatic carbocycles. The first-order valence-corrected chi connectivity index (χ1v) is 8.48. The third-order valence-electron chi connectivity index (χ3n) is 3.83. The van der Waals surface area contributed by atoms with Crippen LogP contribution in [0.4, 0.5) is 11.4 Å². The molecule has 0 saturated carbocycles. The Bertz CT molecular complexity index is 1030. The molecule has 2 amide bonds. The molecule has 0 saturated heterocycles. The van der Waals surface area contributed by atoms with E-state index in [9.17, 15) is 19.7 Å². The Morgan fingerprint density at radius 3 is 2.54 bits per heavy atom. The minimum absolute atomic E-state index is 0.0582. The maximum atomic E-state index is 12.6. The highest BCUT2D eigenvalue weighted by molar-refractivity contribution is 6.34. The van der Waals surface area contributed by atoms with Crippen molar-refractivity contribution in [2.45, 2.75) is 6.54 Å². The summed E-state index contributed by atoms with van der Waals surface area (Å²) in [7, 11) is 0. The lowest BCUT2D eigenvalue weighted by molar-refractivity contribution is -0.384. The van der Waals surface area contributed by atoms with E-state index in [0.717, 1.165) is 6.07 Å². The minimum atomic E-state index is -0.667. The van der Waals surface area contributed by atoms with Gasteiger partial charge in [-0.25, -0.2) is 0 Å². The number of carbonyl (C=O) groups is 2. The van der Waals surface area contributed by atoms with E-state index in [1.165, 1.54) is 18.4 Å². The summed E-state index contributed by atoms with van der Waals surface area (Å²) in [5.74, 6) is -0.504. The van der Waals surface area contributed by atoms with E-state index in [1.807, 2.05) is 0 Å². The third kappa shape index (κ3) is 4.36. The zero-order valence-corrected chi connectivity index (χ0v) is 15.1. The quantitative estimate of drug-likeness (QED) is 0.479. The van der Waals surface area contributed by atoms with Gasteiger partial charge in [0.15, 0.2) is 0 Å². The van der Waals surface area contributed by atoms with Gasteiger partial charge < -0.3 is 15.1 Å². The summed E-state index contributed by atoms with van der Waals surface area (Å²) in [6, 6.07) is 13.4. The number of nitrogens with zero attached hydrogens (tertiary/aromatic N) is 1. The van der Waals surface area contributed by atoms with Gasteiger partial charge in [0.25, 0.3) is 17.5 Å². The van der Waals surface area contributed by atoms with Gasteiger partial charge in [0, 0.05) is 12.1 Å². The number of nitro groups is 1. The standard InChI is InChI=1S/C19H14ClN3O5/c20-16-8-7-12(23(26)27)10-15(16)19(25)22-17-6-2-1-5-14(17)18(24)21-11-13-4-3-9-28-13/h1-10H,11H2,(H,21,24)(H,22,25). The molecule has 0 aliphatic rings. The molecule has 0 atom stereocenters. The minimum Gasteiger partial charge on any atom is -0.467 e. The van der Waals surface area contributed by atoms with E-state index in [-0.39, 0.29) is 34.1 Å². The molecule has 0 radical (unpaired) electrons. The molecule has 2 N–H and O–H groups in total.